The van der Waals surface area contributed by atoms with E-state index in [1.54, 1.807) is 0 Å². The molecule has 0 atom stereocenters. The van der Waals surface area contributed by atoms with Crippen molar-refractivity contribution in [3.05, 3.63) is 28.6 Å². The van der Waals surface area contributed by atoms with Crippen LogP contribution in [0.25, 0.3) is 10.1 Å². The molecule has 0 radical (unpaired) electrons. The van der Waals surface area contributed by atoms with Crippen LogP contribution in [0, 0.1) is 6.92 Å². The van der Waals surface area contributed by atoms with Crippen LogP contribution in [0.1, 0.15) is 41.9 Å². The number of carbonyl (C=O) groups is 1. The molecule has 1 aromatic carbocycles. The summed E-state index contributed by atoms with van der Waals surface area (Å²) in [5.74, 6) is 0.0741. The van der Waals surface area contributed by atoms with Gasteiger partial charge in [0.2, 0.25) is 0 Å². The number of hydrogen-bond donors (Lipinski definition) is 1. The van der Waals surface area contributed by atoms with Crippen molar-refractivity contribution in [2.24, 2.45) is 0 Å². The molecule has 1 heterocycles. The lowest BCUT2D eigenvalue weighted by Gasteiger charge is -2.20. The summed E-state index contributed by atoms with van der Waals surface area (Å²) in [6.07, 6.45) is 1.94. The number of amides is 1. The van der Waals surface area contributed by atoms with Crippen LogP contribution < -0.4 is 5.73 Å². The first kappa shape index (κ1) is 14.9. The Bertz CT molecular complexity index is 612. The number of anilines is 1. The standard InChI is InChI=1S/C16H22N2OS/c1-4-8-18(9-5-2)16(19)15-14(17)12-10-11(3)6-7-13(12)20-15/h6-7,10H,4-5,8-9,17H2,1-3H3. The van der Waals surface area contributed by atoms with Crippen LogP contribution in [-0.2, 0) is 0 Å². The minimum atomic E-state index is 0.0741. The number of fused-ring (bicyclic) bond motifs is 1. The number of aryl methyl sites for hydroxylation is 1. The second kappa shape index (κ2) is 6.27. The maximum atomic E-state index is 12.7. The lowest BCUT2D eigenvalue weighted by atomic mass is 10.1. The van der Waals surface area contributed by atoms with Gasteiger partial charge in [-0.2, -0.15) is 0 Å². The monoisotopic (exact) mass is 290 g/mol. The van der Waals surface area contributed by atoms with Crippen molar-refractivity contribution in [1.29, 1.82) is 0 Å². The molecule has 0 saturated carbocycles. The number of nitrogens with two attached hydrogens (primary N) is 1. The van der Waals surface area contributed by atoms with E-state index in [-0.39, 0.29) is 5.91 Å². The van der Waals surface area contributed by atoms with Crippen LogP contribution in [0.4, 0.5) is 5.69 Å². The third-order valence-corrected chi connectivity index (χ3v) is 4.52. The summed E-state index contributed by atoms with van der Waals surface area (Å²) >= 11 is 1.50. The van der Waals surface area contributed by atoms with Crippen molar-refractivity contribution in [3.63, 3.8) is 0 Å². The topological polar surface area (TPSA) is 46.3 Å². The molecular weight excluding hydrogens is 268 g/mol. The smallest absolute Gasteiger partial charge is 0.266 e. The van der Waals surface area contributed by atoms with E-state index in [0.29, 0.717) is 10.6 Å². The minimum absolute atomic E-state index is 0.0741. The van der Waals surface area contributed by atoms with E-state index in [4.69, 9.17) is 5.73 Å². The number of benzene rings is 1. The predicted molar refractivity (Wildman–Crippen MR) is 87.5 cm³/mol. The van der Waals surface area contributed by atoms with Gasteiger partial charge < -0.3 is 10.6 Å². The van der Waals surface area contributed by atoms with Gasteiger partial charge in [0.25, 0.3) is 5.91 Å². The highest BCUT2D eigenvalue weighted by molar-refractivity contribution is 7.21. The summed E-state index contributed by atoms with van der Waals surface area (Å²) in [4.78, 5) is 15.3. The Balaban J connectivity index is 2.40. The average molecular weight is 290 g/mol. The highest BCUT2D eigenvalue weighted by atomic mass is 32.1. The summed E-state index contributed by atoms with van der Waals surface area (Å²) in [5, 5.41) is 1.01. The van der Waals surface area contributed by atoms with Gasteiger partial charge in [-0.05, 0) is 31.9 Å². The van der Waals surface area contributed by atoms with Gasteiger partial charge in [0.05, 0.1) is 5.69 Å². The zero-order chi connectivity index (χ0) is 14.7. The van der Waals surface area contributed by atoms with Gasteiger partial charge in [-0.25, -0.2) is 0 Å². The third kappa shape index (κ3) is 2.80. The number of thiophene rings is 1. The van der Waals surface area contributed by atoms with Gasteiger partial charge in [0, 0.05) is 23.2 Å². The third-order valence-electron chi connectivity index (χ3n) is 3.35. The van der Waals surface area contributed by atoms with Gasteiger partial charge in [0.15, 0.2) is 0 Å². The second-order valence-corrected chi connectivity index (χ2v) is 6.19. The molecule has 108 valence electrons. The number of hydrogen-bond acceptors (Lipinski definition) is 3. The molecule has 0 aliphatic heterocycles. The zero-order valence-electron chi connectivity index (χ0n) is 12.4. The maximum Gasteiger partial charge on any atom is 0.266 e. The van der Waals surface area contributed by atoms with E-state index in [9.17, 15) is 4.79 Å². The molecule has 20 heavy (non-hydrogen) atoms. The van der Waals surface area contributed by atoms with E-state index < -0.39 is 0 Å². The summed E-state index contributed by atoms with van der Waals surface area (Å²) < 4.78 is 1.09. The van der Waals surface area contributed by atoms with Gasteiger partial charge in [-0.15, -0.1) is 11.3 Å². The molecule has 0 unspecified atom stereocenters. The van der Waals surface area contributed by atoms with Crippen LogP contribution in [0.2, 0.25) is 0 Å². The molecule has 3 nitrogen and oxygen atoms in total. The Morgan fingerprint density at radius 3 is 2.50 bits per heavy atom. The Hall–Kier alpha value is -1.55. The lowest BCUT2D eigenvalue weighted by Crippen LogP contribution is -2.32. The largest absolute Gasteiger partial charge is 0.397 e. The van der Waals surface area contributed by atoms with Crippen LogP contribution in [-0.4, -0.2) is 23.9 Å². The molecule has 0 aliphatic carbocycles. The SMILES string of the molecule is CCCN(CCC)C(=O)c1sc2ccc(C)cc2c1N. The first-order valence-corrected chi connectivity index (χ1v) is 7.98. The Morgan fingerprint density at radius 1 is 1.25 bits per heavy atom. The van der Waals surface area contributed by atoms with Crippen LogP contribution in [0.15, 0.2) is 18.2 Å². The maximum absolute atomic E-state index is 12.7. The molecular formula is C16H22N2OS. The number of nitrogen functional groups attached to an aromatic ring is 1. The molecule has 0 bridgehead atoms. The van der Waals surface area contributed by atoms with E-state index in [2.05, 4.69) is 26.0 Å². The highest BCUT2D eigenvalue weighted by Gasteiger charge is 2.21. The molecule has 0 saturated heterocycles. The predicted octanol–water partition coefficient (Wildman–Crippen LogP) is 4.05. The first-order valence-electron chi connectivity index (χ1n) is 7.16. The summed E-state index contributed by atoms with van der Waals surface area (Å²) in [6, 6.07) is 6.16. The van der Waals surface area contributed by atoms with Gasteiger partial charge in [0.1, 0.15) is 4.88 Å². The van der Waals surface area contributed by atoms with Crippen molar-refractivity contribution < 1.29 is 4.79 Å². The summed E-state index contributed by atoms with van der Waals surface area (Å²) in [6.45, 7) is 7.80. The Kier molecular flexibility index (Phi) is 4.65. The van der Waals surface area contributed by atoms with Crippen molar-refractivity contribution in [2.75, 3.05) is 18.8 Å². The molecule has 1 amide bonds. The Labute approximate surface area is 124 Å². The van der Waals surface area contributed by atoms with E-state index in [1.807, 2.05) is 17.9 Å². The number of nitrogens with zero attached hydrogens (tertiary/aromatic N) is 1. The molecule has 2 N–H and O–H groups in total. The van der Waals surface area contributed by atoms with Crippen LogP contribution >= 0.6 is 11.3 Å². The molecule has 2 aromatic rings. The Morgan fingerprint density at radius 2 is 1.90 bits per heavy atom. The molecule has 2 rings (SSSR count). The number of rotatable bonds is 5. The number of carbonyl (C=O) groups excluding carboxylic acids is 1. The molecule has 1 aromatic heterocycles. The van der Waals surface area contributed by atoms with Gasteiger partial charge >= 0.3 is 0 Å². The minimum Gasteiger partial charge on any atom is -0.397 e. The van der Waals surface area contributed by atoms with Gasteiger partial charge in [-0.1, -0.05) is 25.5 Å². The normalized spacial score (nSPS) is 10.9. The molecule has 0 spiro atoms. The first-order chi connectivity index (χ1) is 9.58. The quantitative estimate of drug-likeness (QED) is 0.902. The molecule has 0 aliphatic rings. The van der Waals surface area contributed by atoms with Crippen molar-refractivity contribution >= 4 is 33.0 Å². The van der Waals surface area contributed by atoms with Gasteiger partial charge in [-0.3, -0.25) is 4.79 Å². The van der Waals surface area contributed by atoms with Crippen LogP contribution in [0.5, 0.6) is 0 Å². The van der Waals surface area contributed by atoms with E-state index >= 15 is 0 Å². The average Bonchev–Trinajstić information content (AvgIpc) is 2.75. The van der Waals surface area contributed by atoms with Crippen molar-refractivity contribution in [1.82, 2.24) is 4.90 Å². The summed E-state index contributed by atoms with van der Waals surface area (Å²) in [5.41, 5.74) is 8.00. The zero-order valence-corrected chi connectivity index (χ0v) is 13.2. The second-order valence-electron chi connectivity index (χ2n) is 5.14. The highest BCUT2D eigenvalue weighted by Crippen LogP contribution is 2.35. The fraction of sp³-hybridized carbons (Fsp3) is 0.438. The molecule has 0 fully saturated rings. The molecule has 4 heteroatoms. The van der Waals surface area contributed by atoms with Crippen LogP contribution in [0.3, 0.4) is 0 Å². The fourth-order valence-electron chi connectivity index (χ4n) is 2.39. The van der Waals surface area contributed by atoms with Crippen molar-refractivity contribution in [3.8, 4) is 0 Å². The lowest BCUT2D eigenvalue weighted by molar-refractivity contribution is 0.0761. The fourth-order valence-corrected chi connectivity index (χ4v) is 3.46. The van der Waals surface area contributed by atoms with E-state index in [1.165, 1.54) is 16.9 Å². The van der Waals surface area contributed by atoms with Crippen molar-refractivity contribution in [2.45, 2.75) is 33.6 Å². The summed E-state index contributed by atoms with van der Waals surface area (Å²) in [7, 11) is 0. The van der Waals surface area contributed by atoms with E-state index in [0.717, 1.165) is 36.0 Å².